The quantitative estimate of drug-likeness (QED) is 0.341. The second-order valence-corrected chi connectivity index (χ2v) is 10.9. The Balaban J connectivity index is 2.02. The van der Waals surface area contributed by atoms with Gasteiger partial charge in [-0.1, -0.05) is 20.8 Å². The number of carbonyl (C=O) groups is 3. The van der Waals surface area contributed by atoms with Gasteiger partial charge in [-0.2, -0.15) is 31.6 Å². The van der Waals surface area contributed by atoms with Crippen LogP contribution < -0.4 is 20.7 Å². The number of H-pyrrole nitrogens is 1. The fourth-order valence-corrected chi connectivity index (χ4v) is 4.76. The summed E-state index contributed by atoms with van der Waals surface area (Å²) in [5.74, 6) is -3.76. The molecule has 0 radical (unpaired) electrons. The van der Waals surface area contributed by atoms with Gasteiger partial charge in [0.2, 0.25) is 11.8 Å². The van der Waals surface area contributed by atoms with Gasteiger partial charge in [-0.3, -0.25) is 14.4 Å². The maximum Gasteiger partial charge on any atom is 0.419 e. The van der Waals surface area contributed by atoms with E-state index >= 15 is 0 Å². The van der Waals surface area contributed by atoms with Gasteiger partial charge in [0.05, 0.1) is 35.2 Å². The first-order chi connectivity index (χ1) is 18.9. The molecule has 9 nitrogen and oxygen atoms in total. The van der Waals surface area contributed by atoms with E-state index in [9.17, 15) is 46.0 Å². The van der Waals surface area contributed by atoms with Crippen LogP contribution in [0.2, 0.25) is 0 Å². The number of aromatic nitrogens is 1. The molecule has 2 aromatic rings. The molecule has 3 atom stereocenters. The number of nitrogens with one attached hydrogen (secondary N) is 4. The lowest BCUT2D eigenvalue weighted by molar-refractivity contribution is -0.138. The summed E-state index contributed by atoms with van der Waals surface area (Å²) in [6.45, 7) is 5.48. The first kappa shape index (κ1) is 31.6. The summed E-state index contributed by atoms with van der Waals surface area (Å²) < 4.78 is 88.6. The number of halogens is 6. The monoisotopic (exact) mass is 589 g/mol. The minimum Gasteiger partial charge on any atom is -0.496 e. The molecular weight excluding hydrogens is 560 g/mol. The third-order valence-electron chi connectivity index (χ3n) is 6.55. The predicted molar refractivity (Wildman–Crippen MR) is 133 cm³/mol. The lowest BCUT2D eigenvalue weighted by Crippen LogP contribution is -2.51. The summed E-state index contributed by atoms with van der Waals surface area (Å²) in [5, 5.41) is 15.8. The maximum atomic E-state index is 14.2. The van der Waals surface area contributed by atoms with Crippen LogP contribution in [-0.2, 0) is 21.9 Å². The Labute approximate surface area is 231 Å². The van der Waals surface area contributed by atoms with Gasteiger partial charge in [0.1, 0.15) is 23.5 Å². The van der Waals surface area contributed by atoms with Crippen molar-refractivity contribution in [3.8, 4) is 11.8 Å². The number of amides is 3. The number of methoxy groups -OCH3 is 1. The zero-order valence-electron chi connectivity index (χ0n) is 22.6. The SMILES string of the molecule is COc1ccc(C(F)(F)F)c2[nH]c(C(=O)N[C@@H](CC(C)(C)C)C(=O)N[C@H](C#N)C[C@@H]3CCNC3=O)c(C(F)(F)F)c12. The molecule has 0 unspecified atom stereocenters. The van der Waals surface area contributed by atoms with Crippen molar-refractivity contribution in [1.82, 2.24) is 20.9 Å². The first-order valence-electron chi connectivity index (χ1n) is 12.5. The highest BCUT2D eigenvalue weighted by atomic mass is 19.4. The van der Waals surface area contributed by atoms with Crippen LogP contribution in [0.4, 0.5) is 26.3 Å². The number of fused-ring (bicyclic) bond motifs is 1. The average Bonchev–Trinajstić information content (AvgIpc) is 3.44. The Kier molecular flexibility index (Phi) is 8.85. The van der Waals surface area contributed by atoms with Crippen LogP contribution >= 0.6 is 0 Å². The zero-order chi connectivity index (χ0) is 30.9. The number of aromatic amines is 1. The summed E-state index contributed by atoms with van der Waals surface area (Å²) in [5.41, 5.74) is -6.05. The van der Waals surface area contributed by atoms with E-state index in [1.54, 1.807) is 20.8 Å². The normalized spacial score (nSPS) is 17.5. The predicted octanol–water partition coefficient (Wildman–Crippen LogP) is 4.28. The van der Waals surface area contributed by atoms with Crippen LogP contribution in [0.5, 0.6) is 5.75 Å². The topological polar surface area (TPSA) is 136 Å². The number of ether oxygens (including phenoxy) is 1. The Hall–Kier alpha value is -3.96. The van der Waals surface area contributed by atoms with Crippen molar-refractivity contribution in [2.24, 2.45) is 11.3 Å². The number of rotatable bonds is 8. The lowest BCUT2D eigenvalue weighted by atomic mass is 9.87. The van der Waals surface area contributed by atoms with Gasteiger partial charge < -0.3 is 25.7 Å². The van der Waals surface area contributed by atoms with Crippen molar-refractivity contribution in [3.63, 3.8) is 0 Å². The van der Waals surface area contributed by atoms with E-state index in [4.69, 9.17) is 4.74 Å². The van der Waals surface area contributed by atoms with E-state index in [0.29, 0.717) is 19.0 Å². The molecule has 41 heavy (non-hydrogen) atoms. The number of hydrogen-bond acceptors (Lipinski definition) is 5. The van der Waals surface area contributed by atoms with E-state index in [2.05, 4.69) is 16.0 Å². The number of alkyl halides is 6. The molecule has 1 fully saturated rings. The number of nitrogens with zero attached hydrogens (tertiary/aromatic N) is 1. The summed E-state index contributed by atoms with van der Waals surface area (Å²) in [6, 6.07) is 0.489. The highest BCUT2D eigenvalue weighted by Crippen LogP contribution is 2.45. The van der Waals surface area contributed by atoms with Crippen LogP contribution in [0.25, 0.3) is 10.9 Å². The molecule has 0 aliphatic carbocycles. The van der Waals surface area contributed by atoms with Crippen LogP contribution in [0.1, 0.15) is 61.6 Å². The molecule has 15 heteroatoms. The summed E-state index contributed by atoms with van der Waals surface area (Å²) in [4.78, 5) is 40.3. The lowest BCUT2D eigenvalue weighted by Gasteiger charge is -2.27. The molecule has 1 saturated heterocycles. The summed E-state index contributed by atoms with van der Waals surface area (Å²) in [7, 11) is 0.972. The average molecular weight is 590 g/mol. The van der Waals surface area contributed by atoms with Gasteiger partial charge in [0.25, 0.3) is 5.91 Å². The molecule has 2 heterocycles. The molecule has 0 bridgehead atoms. The molecule has 0 spiro atoms. The second kappa shape index (κ2) is 11.5. The van der Waals surface area contributed by atoms with E-state index in [1.807, 2.05) is 11.1 Å². The highest BCUT2D eigenvalue weighted by Gasteiger charge is 2.44. The van der Waals surface area contributed by atoms with E-state index in [0.717, 1.165) is 13.2 Å². The fourth-order valence-electron chi connectivity index (χ4n) is 4.76. The van der Waals surface area contributed by atoms with Crippen molar-refractivity contribution in [1.29, 1.82) is 5.26 Å². The van der Waals surface area contributed by atoms with Crippen molar-refractivity contribution < 1.29 is 45.5 Å². The van der Waals surface area contributed by atoms with E-state index in [-0.39, 0.29) is 18.7 Å². The van der Waals surface area contributed by atoms with Crippen LogP contribution in [0.3, 0.4) is 0 Å². The Morgan fingerprint density at radius 2 is 1.78 bits per heavy atom. The number of carbonyl (C=O) groups excluding carboxylic acids is 3. The van der Waals surface area contributed by atoms with Crippen molar-refractivity contribution in [2.75, 3.05) is 13.7 Å². The van der Waals surface area contributed by atoms with Crippen LogP contribution in [0, 0.1) is 22.7 Å². The fraction of sp³-hybridized carbons (Fsp3) is 0.538. The summed E-state index contributed by atoms with van der Waals surface area (Å²) >= 11 is 0. The van der Waals surface area contributed by atoms with Crippen LogP contribution in [-0.4, -0.2) is 48.4 Å². The van der Waals surface area contributed by atoms with Crippen molar-refractivity contribution >= 4 is 28.6 Å². The Morgan fingerprint density at radius 1 is 1.12 bits per heavy atom. The third-order valence-corrected chi connectivity index (χ3v) is 6.55. The smallest absolute Gasteiger partial charge is 0.419 e. The zero-order valence-corrected chi connectivity index (χ0v) is 22.6. The van der Waals surface area contributed by atoms with Crippen molar-refractivity contribution in [2.45, 2.75) is 64.5 Å². The number of benzene rings is 1. The minimum absolute atomic E-state index is 0.0233. The largest absolute Gasteiger partial charge is 0.496 e. The van der Waals surface area contributed by atoms with Gasteiger partial charge in [0.15, 0.2) is 0 Å². The molecule has 3 amide bonds. The Morgan fingerprint density at radius 3 is 2.27 bits per heavy atom. The molecule has 4 N–H and O–H groups in total. The van der Waals surface area contributed by atoms with Crippen molar-refractivity contribution in [3.05, 3.63) is 29.0 Å². The van der Waals surface area contributed by atoms with Crippen LogP contribution in [0.15, 0.2) is 12.1 Å². The molecule has 1 aliphatic rings. The van der Waals surface area contributed by atoms with Gasteiger partial charge in [-0.25, -0.2) is 0 Å². The van der Waals surface area contributed by atoms with E-state index < -0.39 is 81.1 Å². The van der Waals surface area contributed by atoms with Gasteiger partial charge in [-0.05, 0) is 36.8 Å². The first-order valence-corrected chi connectivity index (χ1v) is 12.5. The highest BCUT2D eigenvalue weighted by molar-refractivity contribution is 6.05. The second-order valence-electron chi connectivity index (χ2n) is 10.9. The maximum absolute atomic E-state index is 14.2. The molecule has 1 aromatic carbocycles. The molecule has 224 valence electrons. The third kappa shape index (κ3) is 7.22. The van der Waals surface area contributed by atoms with Gasteiger partial charge in [-0.15, -0.1) is 0 Å². The van der Waals surface area contributed by atoms with E-state index in [1.165, 1.54) is 0 Å². The number of nitriles is 1. The molecular formula is C26H29F6N5O4. The Bertz CT molecular complexity index is 1370. The van der Waals surface area contributed by atoms with Gasteiger partial charge in [0, 0.05) is 12.5 Å². The summed E-state index contributed by atoms with van der Waals surface area (Å²) in [6.07, 6.45) is -10.0. The molecule has 1 aromatic heterocycles. The van der Waals surface area contributed by atoms with Gasteiger partial charge >= 0.3 is 12.4 Å². The standard InChI is InChI=1S/C26H29F6N5O4/c1-24(2,3)10-15(22(39)35-13(11-33)9-12-7-8-34-21(12)38)36-23(40)20-18(26(30,31)32)17-16(41-4)6-5-14(19(17)37-20)25(27,28)29/h5-6,12-13,15,37H,7-10H2,1-4H3,(H,34,38)(H,35,39)(H,36,40)/t12-,13-,15-/m0/s1. The number of hydrogen-bond donors (Lipinski definition) is 4. The molecule has 0 saturated carbocycles. The molecule has 1 aliphatic heterocycles. The minimum atomic E-state index is -5.29. The molecule has 3 rings (SSSR count).